The molecule has 0 heterocycles. The second kappa shape index (κ2) is 7.64. The fraction of sp³-hybridized carbons (Fsp3) is 0.917. The molecule has 0 aliphatic carbocycles. The first-order valence-electron chi connectivity index (χ1n) is 5.49. The summed E-state index contributed by atoms with van der Waals surface area (Å²) in [7, 11) is 0. The molecule has 0 saturated carbocycles. The van der Waals surface area contributed by atoms with Crippen molar-refractivity contribution in [1.82, 2.24) is 0 Å². The molecule has 2 atom stereocenters. The van der Waals surface area contributed by atoms with Gasteiger partial charge >= 0.3 is 0 Å². The molecule has 0 aromatic heterocycles. The van der Waals surface area contributed by atoms with Crippen molar-refractivity contribution in [3.8, 4) is 0 Å². The Bertz CT molecular complexity index is 86.0. The molecule has 0 aliphatic heterocycles. The predicted molar refractivity (Wildman–Crippen MR) is 57.1 cm³/mol. The predicted octanol–water partition coefficient (Wildman–Crippen LogP) is 4.45. The molecule has 73 valence electrons. The molecule has 2 unspecified atom stereocenters. The van der Waals surface area contributed by atoms with Crippen molar-refractivity contribution in [2.45, 2.75) is 59.3 Å². The minimum absolute atomic E-state index is 0.832. The van der Waals surface area contributed by atoms with Gasteiger partial charge in [-0.2, -0.15) is 0 Å². The summed E-state index contributed by atoms with van der Waals surface area (Å²) < 4.78 is 0. The van der Waals surface area contributed by atoms with Crippen molar-refractivity contribution in [1.29, 1.82) is 0 Å². The van der Waals surface area contributed by atoms with Crippen molar-refractivity contribution in [3.05, 3.63) is 6.92 Å². The fourth-order valence-electron chi connectivity index (χ4n) is 1.60. The molecule has 0 aromatic rings. The van der Waals surface area contributed by atoms with Gasteiger partial charge in [-0.1, -0.05) is 66.2 Å². The Morgan fingerprint density at radius 3 is 2.08 bits per heavy atom. The van der Waals surface area contributed by atoms with Crippen LogP contribution in [0.25, 0.3) is 0 Å². The van der Waals surface area contributed by atoms with E-state index in [1.165, 1.54) is 32.1 Å². The maximum Gasteiger partial charge on any atom is -0.0443 e. The average molecular weight is 169 g/mol. The van der Waals surface area contributed by atoms with Gasteiger partial charge in [0.25, 0.3) is 0 Å². The maximum atomic E-state index is 3.92. The fourth-order valence-corrected chi connectivity index (χ4v) is 1.60. The Labute approximate surface area is 78.8 Å². The molecular weight excluding hydrogens is 144 g/mol. The van der Waals surface area contributed by atoms with Crippen LogP contribution in [0.3, 0.4) is 0 Å². The van der Waals surface area contributed by atoms with Crippen LogP contribution in [0.4, 0.5) is 0 Å². The zero-order chi connectivity index (χ0) is 9.40. The van der Waals surface area contributed by atoms with E-state index in [9.17, 15) is 0 Å². The van der Waals surface area contributed by atoms with E-state index in [0.717, 1.165) is 18.3 Å². The molecule has 0 fully saturated rings. The van der Waals surface area contributed by atoms with Gasteiger partial charge in [-0.3, -0.25) is 0 Å². The van der Waals surface area contributed by atoms with Gasteiger partial charge in [0.1, 0.15) is 0 Å². The highest BCUT2D eigenvalue weighted by molar-refractivity contribution is 4.57. The smallest absolute Gasteiger partial charge is 0.0443 e. The average Bonchev–Trinajstić information content (AvgIpc) is 2.04. The molecule has 0 amide bonds. The Morgan fingerprint density at radius 2 is 1.58 bits per heavy atom. The van der Waals surface area contributed by atoms with Crippen molar-refractivity contribution in [3.63, 3.8) is 0 Å². The van der Waals surface area contributed by atoms with Crippen LogP contribution in [0, 0.1) is 18.8 Å². The lowest BCUT2D eigenvalue weighted by molar-refractivity contribution is 0.422. The second-order valence-electron chi connectivity index (χ2n) is 4.22. The number of rotatable bonds is 7. The van der Waals surface area contributed by atoms with E-state index in [0.29, 0.717) is 0 Å². The van der Waals surface area contributed by atoms with Crippen LogP contribution < -0.4 is 0 Å². The van der Waals surface area contributed by atoms with Crippen LogP contribution in [0.2, 0.25) is 0 Å². The molecular formula is C12H25. The van der Waals surface area contributed by atoms with Crippen molar-refractivity contribution in [2.24, 2.45) is 11.8 Å². The number of hydrogen-bond donors (Lipinski definition) is 0. The van der Waals surface area contributed by atoms with Crippen molar-refractivity contribution in [2.75, 3.05) is 0 Å². The first-order valence-corrected chi connectivity index (χ1v) is 5.49. The van der Waals surface area contributed by atoms with Gasteiger partial charge in [-0.15, -0.1) is 0 Å². The lowest BCUT2D eigenvalue weighted by Crippen LogP contribution is -1.97. The monoisotopic (exact) mass is 169 g/mol. The Kier molecular flexibility index (Phi) is 7.64. The highest BCUT2D eigenvalue weighted by atomic mass is 14.1. The van der Waals surface area contributed by atoms with Gasteiger partial charge in [-0.05, 0) is 11.8 Å². The van der Waals surface area contributed by atoms with Crippen LogP contribution in [-0.2, 0) is 0 Å². The quantitative estimate of drug-likeness (QED) is 0.528. The Morgan fingerprint density at radius 1 is 1.00 bits per heavy atom. The molecule has 12 heavy (non-hydrogen) atoms. The van der Waals surface area contributed by atoms with Crippen LogP contribution in [0.1, 0.15) is 59.3 Å². The minimum atomic E-state index is 0.832. The van der Waals surface area contributed by atoms with E-state index >= 15 is 0 Å². The van der Waals surface area contributed by atoms with E-state index in [1.807, 2.05) is 0 Å². The van der Waals surface area contributed by atoms with Crippen LogP contribution in [0.5, 0.6) is 0 Å². The molecule has 0 spiro atoms. The van der Waals surface area contributed by atoms with E-state index < -0.39 is 0 Å². The molecule has 0 N–H and O–H groups in total. The highest BCUT2D eigenvalue weighted by Crippen LogP contribution is 2.17. The second-order valence-corrected chi connectivity index (χ2v) is 4.22. The molecule has 0 heteroatoms. The molecule has 0 aromatic carbocycles. The van der Waals surface area contributed by atoms with Gasteiger partial charge < -0.3 is 0 Å². The summed E-state index contributed by atoms with van der Waals surface area (Å²) in [4.78, 5) is 0. The molecule has 0 aliphatic rings. The molecule has 1 radical (unpaired) electrons. The van der Waals surface area contributed by atoms with Gasteiger partial charge in [0.2, 0.25) is 0 Å². The summed E-state index contributed by atoms with van der Waals surface area (Å²) in [5, 5.41) is 0. The third kappa shape index (κ3) is 6.69. The first kappa shape index (κ1) is 12.0. The normalized spacial score (nSPS) is 16.0. The van der Waals surface area contributed by atoms with Gasteiger partial charge in [0, 0.05) is 0 Å². The summed E-state index contributed by atoms with van der Waals surface area (Å²) in [6.45, 7) is 10.9. The summed E-state index contributed by atoms with van der Waals surface area (Å²) in [5.41, 5.74) is 0. The van der Waals surface area contributed by atoms with E-state index in [-0.39, 0.29) is 0 Å². The van der Waals surface area contributed by atoms with Gasteiger partial charge in [-0.25, -0.2) is 0 Å². The molecule has 0 bridgehead atoms. The lowest BCUT2D eigenvalue weighted by atomic mass is 9.95. The van der Waals surface area contributed by atoms with Gasteiger partial charge in [0.05, 0.1) is 0 Å². The minimum Gasteiger partial charge on any atom is -0.0654 e. The van der Waals surface area contributed by atoms with E-state index in [4.69, 9.17) is 0 Å². The van der Waals surface area contributed by atoms with Crippen LogP contribution in [0.15, 0.2) is 0 Å². The van der Waals surface area contributed by atoms with Gasteiger partial charge in [0.15, 0.2) is 0 Å². The van der Waals surface area contributed by atoms with Crippen molar-refractivity contribution < 1.29 is 0 Å². The zero-order valence-corrected chi connectivity index (χ0v) is 9.10. The summed E-state index contributed by atoms with van der Waals surface area (Å²) >= 11 is 0. The largest absolute Gasteiger partial charge is 0.0654 e. The van der Waals surface area contributed by atoms with E-state index in [2.05, 4.69) is 27.7 Å². The standard InChI is InChI=1S/C12H25/c1-5-8-12(4)10-7-9-11(3)6-2/h11-12H,2,5-10H2,1,3-4H3. The van der Waals surface area contributed by atoms with E-state index in [1.54, 1.807) is 0 Å². The topological polar surface area (TPSA) is 0 Å². The lowest BCUT2D eigenvalue weighted by Gasteiger charge is -2.11. The Hall–Kier alpha value is 0. The highest BCUT2D eigenvalue weighted by Gasteiger charge is 2.02. The van der Waals surface area contributed by atoms with Crippen LogP contribution in [-0.4, -0.2) is 0 Å². The zero-order valence-electron chi connectivity index (χ0n) is 9.10. The van der Waals surface area contributed by atoms with Crippen LogP contribution >= 0.6 is 0 Å². The third-order valence-electron chi connectivity index (χ3n) is 2.67. The Balaban J connectivity index is 3.18. The SMILES string of the molecule is [CH2]CC(C)CCCC(C)CCC. The molecule has 0 saturated heterocycles. The van der Waals surface area contributed by atoms with Crippen molar-refractivity contribution >= 4 is 0 Å². The summed E-state index contributed by atoms with van der Waals surface area (Å²) in [5.74, 6) is 1.77. The summed E-state index contributed by atoms with van der Waals surface area (Å²) in [6.07, 6.45) is 8.03. The maximum absolute atomic E-state index is 3.92. The number of hydrogen-bond acceptors (Lipinski definition) is 0. The summed E-state index contributed by atoms with van der Waals surface area (Å²) in [6, 6.07) is 0. The first-order chi connectivity index (χ1) is 5.70. The third-order valence-corrected chi connectivity index (χ3v) is 2.67. The molecule has 0 rings (SSSR count). The molecule has 0 nitrogen and oxygen atoms in total.